The van der Waals surface area contributed by atoms with Gasteiger partial charge in [0.15, 0.2) is 6.29 Å². The Hall–Kier alpha value is -1.76. The second-order valence-electron chi connectivity index (χ2n) is 3.99. The van der Waals surface area contributed by atoms with Crippen molar-refractivity contribution in [3.8, 4) is 11.1 Å². The summed E-state index contributed by atoms with van der Waals surface area (Å²) in [6.07, 6.45) is -1.27. The zero-order chi connectivity index (χ0) is 12.7. The molecule has 2 aromatic rings. The second-order valence-corrected chi connectivity index (χ2v) is 4.77. The number of nitro groups is 1. The minimum Gasteiger partial charge on any atom is -0.366 e. The fraction of sp³-hybridized carbons (Fsp3) is 0.167. The first-order valence-electron chi connectivity index (χ1n) is 5.31. The second kappa shape index (κ2) is 4.16. The number of rotatable bonds is 3. The highest BCUT2D eigenvalue weighted by atomic mass is 32.1. The van der Waals surface area contributed by atoms with Crippen molar-refractivity contribution in [1.29, 1.82) is 0 Å². The van der Waals surface area contributed by atoms with Crippen LogP contribution in [0.5, 0.6) is 0 Å². The molecule has 2 unspecified atom stereocenters. The van der Waals surface area contributed by atoms with Gasteiger partial charge in [0.2, 0.25) is 0 Å². The molecule has 1 saturated heterocycles. The molecule has 1 N–H and O–H groups in total. The number of hydrogen-bond acceptors (Lipinski definition) is 5. The van der Waals surface area contributed by atoms with Crippen molar-refractivity contribution in [2.24, 2.45) is 0 Å². The number of epoxide rings is 1. The average Bonchev–Trinajstić information content (AvgIpc) is 2.89. The van der Waals surface area contributed by atoms with Crippen LogP contribution in [0.25, 0.3) is 11.1 Å². The van der Waals surface area contributed by atoms with E-state index in [4.69, 9.17) is 4.74 Å². The Morgan fingerprint density at radius 3 is 2.72 bits per heavy atom. The van der Waals surface area contributed by atoms with Gasteiger partial charge in [0.1, 0.15) is 6.10 Å². The molecule has 0 aliphatic carbocycles. The molecule has 0 radical (unpaired) electrons. The number of nitrogens with zero attached hydrogens (tertiary/aromatic N) is 1. The molecule has 1 aromatic carbocycles. The summed E-state index contributed by atoms with van der Waals surface area (Å²) in [5.74, 6) is 0. The van der Waals surface area contributed by atoms with Crippen LogP contribution in [0.4, 0.5) is 5.69 Å². The van der Waals surface area contributed by atoms with Gasteiger partial charge >= 0.3 is 0 Å². The molecule has 92 valence electrons. The minimum atomic E-state index is -0.836. The third kappa shape index (κ3) is 1.90. The zero-order valence-corrected chi connectivity index (χ0v) is 9.96. The summed E-state index contributed by atoms with van der Waals surface area (Å²) >= 11 is 1.49. The predicted molar refractivity (Wildman–Crippen MR) is 66.2 cm³/mol. The van der Waals surface area contributed by atoms with E-state index in [-0.39, 0.29) is 5.69 Å². The lowest BCUT2D eigenvalue weighted by Crippen LogP contribution is -1.94. The number of aliphatic hydroxyl groups is 1. The first-order valence-corrected chi connectivity index (χ1v) is 6.25. The van der Waals surface area contributed by atoms with Gasteiger partial charge in [0.25, 0.3) is 5.69 Å². The molecule has 0 saturated carbocycles. The molecule has 1 aliphatic rings. The van der Waals surface area contributed by atoms with Crippen molar-refractivity contribution in [1.82, 2.24) is 0 Å². The number of aliphatic hydroxyl groups excluding tert-OH is 1. The van der Waals surface area contributed by atoms with E-state index >= 15 is 0 Å². The van der Waals surface area contributed by atoms with Crippen molar-refractivity contribution >= 4 is 17.0 Å². The van der Waals surface area contributed by atoms with Gasteiger partial charge < -0.3 is 9.84 Å². The molecule has 0 bridgehead atoms. The summed E-state index contributed by atoms with van der Waals surface area (Å²) in [5.41, 5.74) is 2.08. The summed E-state index contributed by atoms with van der Waals surface area (Å²) in [7, 11) is 0. The van der Waals surface area contributed by atoms with Crippen molar-refractivity contribution in [3.63, 3.8) is 0 Å². The normalized spacial score (nSPS) is 21.8. The van der Waals surface area contributed by atoms with E-state index in [0.717, 1.165) is 5.56 Å². The fourth-order valence-corrected chi connectivity index (χ4v) is 2.54. The summed E-state index contributed by atoms with van der Waals surface area (Å²) in [6.45, 7) is 0. The number of thiophene rings is 1. The maximum Gasteiger partial charge on any atom is 0.277 e. The summed E-state index contributed by atoms with van der Waals surface area (Å²) < 4.78 is 4.90. The highest BCUT2D eigenvalue weighted by molar-refractivity contribution is 7.08. The molecule has 2 heterocycles. The van der Waals surface area contributed by atoms with Crippen LogP contribution in [-0.2, 0) is 4.74 Å². The van der Waals surface area contributed by atoms with Crippen molar-refractivity contribution in [3.05, 3.63) is 50.7 Å². The Kier molecular flexibility index (Phi) is 2.62. The Bertz CT molecular complexity index is 596. The van der Waals surface area contributed by atoms with Crippen molar-refractivity contribution in [2.45, 2.75) is 12.4 Å². The fourth-order valence-electron chi connectivity index (χ4n) is 1.89. The van der Waals surface area contributed by atoms with Gasteiger partial charge in [-0.05, 0) is 34.0 Å². The van der Waals surface area contributed by atoms with E-state index in [1.165, 1.54) is 17.4 Å². The topological polar surface area (TPSA) is 75.9 Å². The first kappa shape index (κ1) is 11.3. The van der Waals surface area contributed by atoms with Gasteiger partial charge in [-0.2, -0.15) is 11.3 Å². The third-order valence-electron chi connectivity index (χ3n) is 2.85. The van der Waals surface area contributed by atoms with Crippen LogP contribution < -0.4 is 0 Å². The van der Waals surface area contributed by atoms with Crippen LogP contribution in [0, 0.1) is 10.1 Å². The Labute approximate surface area is 106 Å². The lowest BCUT2D eigenvalue weighted by atomic mass is 10.0. The molecule has 6 heteroatoms. The van der Waals surface area contributed by atoms with Crippen LogP contribution in [0.3, 0.4) is 0 Å². The molecular formula is C12H9NO4S. The predicted octanol–water partition coefficient (Wildman–Crippen LogP) is 2.71. The minimum absolute atomic E-state index is 0.0357. The van der Waals surface area contributed by atoms with Gasteiger partial charge in [0, 0.05) is 6.07 Å². The Morgan fingerprint density at radius 2 is 2.17 bits per heavy atom. The highest BCUT2D eigenvalue weighted by Gasteiger charge is 2.39. The summed E-state index contributed by atoms with van der Waals surface area (Å²) in [4.78, 5) is 10.7. The molecule has 5 nitrogen and oxygen atoms in total. The van der Waals surface area contributed by atoms with E-state index in [1.54, 1.807) is 12.1 Å². The summed E-state index contributed by atoms with van der Waals surface area (Å²) in [6, 6.07) is 6.76. The average molecular weight is 263 g/mol. The van der Waals surface area contributed by atoms with Gasteiger partial charge in [-0.1, -0.05) is 6.07 Å². The molecular weight excluding hydrogens is 254 g/mol. The van der Waals surface area contributed by atoms with E-state index in [9.17, 15) is 15.2 Å². The molecule has 1 aromatic heterocycles. The number of nitro benzene ring substituents is 1. The number of hydrogen-bond donors (Lipinski definition) is 1. The lowest BCUT2D eigenvalue weighted by molar-refractivity contribution is -0.384. The standard InChI is InChI=1S/C12H9NO4S/c14-12-11(17-12)7-1-2-9(8-3-4-18-6-8)10(5-7)13(15)16/h1-6,11-12,14H. The summed E-state index contributed by atoms with van der Waals surface area (Å²) in [5, 5.41) is 24.0. The molecule has 2 atom stereocenters. The number of ether oxygens (including phenoxy) is 1. The molecule has 3 rings (SSSR count). The number of benzene rings is 1. The lowest BCUT2D eigenvalue weighted by Gasteiger charge is -2.02. The van der Waals surface area contributed by atoms with Crippen LogP contribution in [0.15, 0.2) is 35.0 Å². The first-order chi connectivity index (χ1) is 8.66. The van der Waals surface area contributed by atoms with Crippen molar-refractivity contribution < 1.29 is 14.8 Å². The van der Waals surface area contributed by atoms with E-state index < -0.39 is 17.3 Å². The van der Waals surface area contributed by atoms with Gasteiger partial charge in [0.05, 0.1) is 10.5 Å². The third-order valence-corrected chi connectivity index (χ3v) is 3.53. The maximum absolute atomic E-state index is 11.1. The van der Waals surface area contributed by atoms with Gasteiger partial charge in [-0.3, -0.25) is 10.1 Å². The Morgan fingerprint density at radius 1 is 1.39 bits per heavy atom. The molecule has 18 heavy (non-hydrogen) atoms. The maximum atomic E-state index is 11.1. The van der Waals surface area contributed by atoms with E-state index in [0.29, 0.717) is 11.1 Å². The largest absolute Gasteiger partial charge is 0.366 e. The monoisotopic (exact) mass is 263 g/mol. The van der Waals surface area contributed by atoms with Crippen LogP contribution in [-0.4, -0.2) is 16.3 Å². The van der Waals surface area contributed by atoms with Gasteiger partial charge in [-0.15, -0.1) is 0 Å². The molecule has 0 spiro atoms. The van der Waals surface area contributed by atoms with Crippen LogP contribution >= 0.6 is 11.3 Å². The zero-order valence-electron chi connectivity index (χ0n) is 9.15. The Balaban J connectivity index is 2.07. The van der Waals surface area contributed by atoms with Crippen molar-refractivity contribution in [2.75, 3.05) is 0 Å². The SMILES string of the molecule is O=[N+]([O-])c1cc(C2OC2O)ccc1-c1ccsc1. The highest BCUT2D eigenvalue weighted by Crippen LogP contribution is 2.40. The van der Waals surface area contributed by atoms with Gasteiger partial charge in [-0.25, -0.2) is 0 Å². The molecule has 0 amide bonds. The van der Waals surface area contributed by atoms with Crippen LogP contribution in [0.2, 0.25) is 0 Å². The quantitative estimate of drug-likeness (QED) is 0.524. The van der Waals surface area contributed by atoms with Crippen LogP contribution in [0.1, 0.15) is 11.7 Å². The molecule has 1 aliphatic heterocycles. The van der Waals surface area contributed by atoms with E-state index in [1.807, 2.05) is 16.8 Å². The van der Waals surface area contributed by atoms with E-state index in [2.05, 4.69) is 0 Å². The molecule has 1 fully saturated rings. The smallest absolute Gasteiger partial charge is 0.277 e.